The van der Waals surface area contributed by atoms with Crippen LogP contribution < -0.4 is 11.7 Å². The Hall–Kier alpha value is -4.11. The van der Waals surface area contributed by atoms with Crippen molar-refractivity contribution >= 4 is 23.2 Å². The molecule has 0 saturated carbocycles. The third-order valence-corrected chi connectivity index (χ3v) is 2.40. The first-order valence-corrected chi connectivity index (χ1v) is 6.05. The molecule has 140 valence electrons. The molecule has 0 unspecified atom stereocenters. The molecule has 2 aromatic rings. The van der Waals surface area contributed by atoms with E-state index in [9.17, 15) is 40.2 Å². The van der Waals surface area contributed by atoms with E-state index < -0.39 is 43.4 Å². The van der Waals surface area contributed by atoms with Crippen LogP contribution in [-0.2, 0) is 0 Å². The number of nitrogens with zero attached hydrogens (tertiary/aromatic N) is 3. The molecular weight excluding hydrogens is 362 g/mol. The predicted molar refractivity (Wildman–Crippen MR) is 82.1 cm³/mol. The van der Waals surface area contributed by atoms with Crippen molar-refractivity contribution in [1.29, 1.82) is 0 Å². The lowest BCUT2D eigenvalue weighted by Gasteiger charge is -2.00. The Kier molecular flexibility index (Phi) is 8.34. The standard InChI is InChI=1S/C7H4N2O7.C4H3NO3.H4N2/c10-6-4(7(11)12)1-3(8(13)14)2-5(6)9(15)16;6-5(7)4-2-1-3-8-4;1-2/h1-2,10H,(H,11,12);1-3H;1-2H2. The summed E-state index contributed by atoms with van der Waals surface area (Å²) in [6.07, 6.45) is 1.26. The Morgan fingerprint density at radius 2 is 1.62 bits per heavy atom. The number of nitrogens with two attached hydrogens (primary N) is 2. The molecule has 1 aromatic carbocycles. The number of carboxylic acids is 1. The Labute approximate surface area is 142 Å². The van der Waals surface area contributed by atoms with E-state index in [0.717, 1.165) is 0 Å². The number of benzene rings is 1. The van der Waals surface area contributed by atoms with Crippen LogP contribution in [0, 0.1) is 30.3 Å². The van der Waals surface area contributed by atoms with E-state index in [-0.39, 0.29) is 5.88 Å². The van der Waals surface area contributed by atoms with Crippen LogP contribution in [0.2, 0.25) is 0 Å². The molecule has 0 fully saturated rings. The molecule has 1 heterocycles. The number of furan rings is 1. The molecule has 0 radical (unpaired) electrons. The predicted octanol–water partition coefficient (Wildman–Crippen LogP) is 0.913. The number of phenols is 1. The van der Waals surface area contributed by atoms with Gasteiger partial charge in [-0.25, -0.2) is 4.79 Å². The Morgan fingerprint density at radius 3 is 1.92 bits per heavy atom. The number of nitro benzene ring substituents is 2. The van der Waals surface area contributed by atoms with Gasteiger partial charge in [0.15, 0.2) is 0 Å². The monoisotopic (exact) mass is 373 g/mol. The Bertz CT molecular complexity index is 769. The minimum absolute atomic E-state index is 0.218. The molecule has 6 N–H and O–H groups in total. The first kappa shape index (κ1) is 21.9. The second-order valence-electron chi connectivity index (χ2n) is 3.89. The summed E-state index contributed by atoms with van der Waals surface area (Å²) in [4.78, 5) is 38.4. The average molecular weight is 373 g/mol. The summed E-state index contributed by atoms with van der Waals surface area (Å²) in [5.41, 5.74) is -2.69. The van der Waals surface area contributed by atoms with Crippen LogP contribution in [0.5, 0.6) is 5.75 Å². The smallest absolute Gasteiger partial charge is 0.432 e. The number of carboxylic acid groups (broad SMARTS) is 1. The van der Waals surface area contributed by atoms with Gasteiger partial charge < -0.3 is 14.6 Å². The van der Waals surface area contributed by atoms with Gasteiger partial charge in [-0.2, -0.15) is 0 Å². The highest BCUT2D eigenvalue weighted by Crippen LogP contribution is 2.34. The van der Waals surface area contributed by atoms with Crippen molar-refractivity contribution < 1.29 is 34.2 Å². The van der Waals surface area contributed by atoms with Gasteiger partial charge in [0.05, 0.1) is 28.2 Å². The number of carbonyl (C=O) groups is 1. The molecule has 15 heteroatoms. The van der Waals surface area contributed by atoms with E-state index in [1.807, 2.05) is 0 Å². The van der Waals surface area contributed by atoms with Crippen molar-refractivity contribution in [2.45, 2.75) is 0 Å². The highest BCUT2D eigenvalue weighted by atomic mass is 16.6. The molecule has 15 nitrogen and oxygen atoms in total. The van der Waals surface area contributed by atoms with Crippen molar-refractivity contribution in [3.8, 4) is 5.75 Å². The average Bonchev–Trinajstić information content (AvgIpc) is 3.11. The molecule has 2 rings (SSSR count). The van der Waals surface area contributed by atoms with Gasteiger partial charge >= 0.3 is 17.5 Å². The normalized spacial score (nSPS) is 9.00. The lowest BCUT2D eigenvalue weighted by molar-refractivity contribution is -0.402. The minimum Gasteiger partial charge on any atom is -0.501 e. The highest BCUT2D eigenvalue weighted by Gasteiger charge is 2.26. The van der Waals surface area contributed by atoms with Crippen LogP contribution in [0.15, 0.2) is 34.9 Å². The maximum absolute atomic E-state index is 10.6. The topological polar surface area (TPSA) is 252 Å². The third kappa shape index (κ3) is 5.83. The van der Waals surface area contributed by atoms with E-state index in [0.29, 0.717) is 12.1 Å². The number of hydrogen-bond acceptors (Lipinski definition) is 11. The van der Waals surface area contributed by atoms with Gasteiger partial charge in [0.2, 0.25) is 5.75 Å². The van der Waals surface area contributed by atoms with Gasteiger partial charge in [-0.1, -0.05) is 0 Å². The van der Waals surface area contributed by atoms with Crippen molar-refractivity contribution in [3.05, 3.63) is 66.4 Å². The molecular formula is C11H11N5O10. The molecule has 0 bridgehead atoms. The zero-order valence-electron chi connectivity index (χ0n) is 12.5. The second kappa shape index (κ2) is 9.90. The molecule has 0 aliphatic heterocycles. The second-order valence-corrected chi connectivity index (χ2v) is 3.89. The van der Waals surface area contributed by atoms with E-state index in [4.69, 9.17) is 5.11 Å². The van der Waals surface area contributed by atoms with Crippen molar-refractivity contribution in [2.24, 2.45) is 11.7 Å². The molecule has 0 spiro atoms. The van der Waals surface area contributed by atoms with Gasteiger partial charge in [-0.05, 0) is 6.07 Å². The quantitative estimate of drug-likeness (QED) is 0.331. The number of hydrazine groups is 1. The Balaban J connectivity index is 0.000000522. The molecule has 0 amide bonds. The maximum atomic E-state index is 10.6. The zero-order chi connectivity index (χ0) is 20.4. The Morgan fingerprint density at radius 1 is 1.04 bits per heavy atom. The molecule has 26 heavy (non-hydrogen) atoms. The molecule has 0 aliphatic rings. The van der Waals surface area contributed by atoms with Crippen molar-refractivity contribution in [1.82, 2.24) is 0 Å². The van der Waals surface area contributed by atoms with Crippen molar-refractivity contribution in [2.75, 3.05) is 0 Å². The van der Waals surface area contributed by atoms with Crippen LogP contribution >= 0.6 is 0 Å². The summed E-state index contributed by atoms with van der Waals surface area (Å²) in [5, 5.41) is 48.3. The summed E-state index contributed by atoms with van der Waals surface area (Å²) >= 11 is 0. The van der Waals surface area contributed by atoms with Crippen LogP contribution in [0.3, 0.4) is 0 Å². The molecule has 1 aromatic heterocycles. The van der Waals surface area contributed by atoms with Gasteiger partial charge in [0, 0.05) is 6.07 Å². The maximum Gasteiger partial charge on any atom is 0.432 e. The van der Waals surface area contributed by atoms with Gasteiger partial charge in [0.1, 0.15) is 10.5 Å². The summed E-state index contributed by atoms with van der Waals surface area (Å²) in [6, 6.07) is 3.80. The molecule has 0 aliphatic carbocycles. The number of aromatic carboxylic acids is 1. The van der Waals surface area contributed by atoms with Crippen LogP contribution in [0.1, 0.15) is 10.4 Å². The van der Waals surface area contributed by atoms with Crippen LogP contribution in [0.25, 0.3) is 0 Å². The molecule has 0 atom stereocenters. The fourth-order valence-electron chi connectivity index (χ4n) is 1.39. The third-order valence-electron chi connectivity index (χ3n) is 2.40. The van der Waals surface area contributed by atoms with E-state index in [2.05, 4.69) is 16.1 Å². The number of aromatic hydroxyl groups is 1. The van der Waals surface area contributed by atoms with Gasteiger partial charge in [0.25, 0.3) is 5.69 Å². The summed E-state index contributed by atoms with van der Waals surface area (Å²) in [5.74, 6) is 4.98. The van der Waals surface area contributed by atoms with Gasteiger partial charge in [-0.3, -0.25) is 42.0 Å². The largest absolute Gasteiger partial charge is 0.501 e. The number of non-ortho nitro benzene ring substituents is 1. The van der Waals surface area contributed by atoms with Crippen LogP contribution in [-0.4, -0.2) is 31.0 Å². The lowest BCUT2D eigenvalue weighted by atomic mass is 10.1. The summed E-state index contributed by atoms with van der Waals surface area (Å²) < 4.78 is 4.40. The zero-order valence-corrected chi connectivity index (χ0v) is 12.5. The molecule has 0 saturated heterocycles. The highest BCUT2D eigenvalue weighted by molar-refractivity contribution is 5.93. The van der Waals surface area contributed by atoms with Crippen LogP contribution in [0.4, 0.5) is 17.3 Å². The fourth-order valence-corrected chi connectivity index (χ4v) is 1.39. The number of hydrogen-bond donors (Lipinski definition) is 4. The van der Waals surface area contributed by atoms with E-state index >= 15 is 0 Å². The fraction of sp³-hybridized carbons (Fsp3) is 0. The van der Waals surface area contributed by atoms with E-state index in [1.165, 1.54) is 18.4 Å². The lowest BCUT2D eigenvalue weighted by Crippen LogP contribution is -2.02. The first-order valence-electron chi connectivity index (χ1n) is 6.05. The van der Waals surface area contributed by atoms with Crippen molar-refractivity contribution in [3.63, 3.8) is 0 Å². The SMILES string of the molecule is NN.O=C(O)c1cc([N+](=O)[O-])cc([N+](=O)[O-])c1O.O=[N+]([O-])c1ccco1. The van der Waals surface area contributed by atoms with Gasteiger partial charge in [-0.15, -0.1) is 0 Å². The summed E-state index contributed by atoms with van der Waals surface area (Å²) in [6.45, 7) is 0. The first-order chi connectivity index (χ1) is 12.1. The number of rotatable bonds is 4. The summed E-state index contributed by atoms with van der Waals surface area (Å²) in [7, 11) is 0. The minimum atomic E-state index is -1.69. The number of nitro groups is 3. The van der Waals surface area contributed by atoms with E-state index in [1.54, 1.807) is 0 Å².